The predicted octanol–water partition coefficient (Wildman–Crippen LogP) is 4.74. The molecule has 21 heavy (non-hydrogen) atoms. The molecule has 0 saturated carbocycles. The lowest BCUT2D eigenvalue weighted by atomic mass is 9.91. The fourth-order valence-electron chi connectivity index (χ4n) is 2.77. The number of hydrogen-bond donors (Lipinski definition) is 0. The maximum absolute atomic E-state index is 11.5. The largest absolute Gasteiger partial charge is 0.496 e. The second-order valence-corrected chi connectivity index (χ2v) is 5.38. The van der Waals surface area contributed by atoms with Crippen LogP contribution in [-0.2, 0) is 6.42 Å². The molecule has 0 bridgehead atoms. The Morgan fingerprint density at radius 1 is 1.10 bits per heavy atom. The molecular weight excluding hydrogens is 260 g/mol. The smallest absolute Gasteiger partial charge is 0.150 e. The second kappa shape index (κ2) is 6.57. The monoisotopic (exact) mass is 282 g/mol. The van der Waals surface area contributed by atoms with E-state index in [1.807, 2.05) is 32.0 Å². The van der Waals surface area contributed by atoms with Crippen molar-refractivity contribution in [2.45, 2.75) is 33.6 Å². The average Bonchev–Trinajstić information content (AvgIpc) is 2.49. The Labute approximate surface area is 126 Å². The number of rotatable bonds is 5. The van der Waals surface area contributed by atoms with Gasteiger partial charge in [-0.3, -0.25) is 4.79 Å². The first-order chi connectivity index (χ1) is 10.1. The molecule has 0 spiro atoms. The summed E-state index contributed by atoms with van der Waals surface area (Å²) in [7, 11) is 1.70. The average molecular weight is 282 g/mol. The van der Waals surface area contributed by atoms with E-state index in [-0.39, 0.29) is 0 Å². The number of hydrogen-bond acceptors (Lipinski definition) is 2. The van der Waals surface area contributed by atoms with E-state index in [1.54, 1.807) is 7.11 Å². The van der Waals surface area contributed by atoms with Crippen LogP contribution in [0.1, 0.15) is 40.4 Å². The van der Waals surface area contributed by atoms with Gasteiger partial charge in [-0.1, -0.05) is 31.5 Å². The van der Waals surface area contributed by atoms with Crippen molar-refractivity contribution in [1.29, 1.82) is 0 Å². The van der Waals surface area contributed by atoms with Gasteiger partial charge in [-0.05, 0) is 60.2 Å². The number of aldehydes is 1. The maximum Gasteiger partial charge on any atom is 0.150 e. The molecule has 0 unspecified atom stereocenters. The van der Waals surface area contributed by atoms with Crippen LogP contribution in [0.25, 0.3) is 11.1 Å². The fourth-order valence-corrected chi connectivity index (χ4v) is 2.77. The van der Waals surface area contributed by atoms with Crippen molar-refractivity contribution >= 4 is 6.29 Å². The Morgan fingerprint density at radius 2 is 1.81 bits per heavy atom. The van der Waals surface area contributed by atoms with Gasteiger partial charge in [-0.25, -0.2) is 0 Å². The molecule has 2 aromatic rings. The van der Waals surface area contributed by atoms with Gasteiger partial charge >= 0.3 is 0 Å². The highest BCUT2D eigenvalue weighted by Gasteiger charge is 2.12. The van der Waals surface area contributed by atoms with Crippen LogP contribution in [0.3, 0.4) is 0 Å². The van der Waals surface area contributed by atoms with E-state index >= 15 is 0 Å². The van der Waals surface area contributed by atoms with Crippen molar-refractivity contribution in [3.05, 3.63) is 52.6 Å². The van der Waals surface area contributed by atoms with Gasteiger partial charge in [0.15, 0.2) is 6.29 Å². The Hall–Kier alpha value is -2.09. The molecule has 0 heterocycles. The van der Waals surface area contributed by atoms with E-state index in [4.69, 9.17) is 4.74 Å². The quantitative estimate of drug-likeness (QED) is 0.740. The zero-order valence-electron chi connectivity index (χ0n) is 13.2. The number of methoxy groups -OCH3 is 1. The van der Waals surface area contributed by atoms with Gasteiger partial charge in [-0.15, -0.1) is 0 Å². The zero-order valence-corrected chi connectivity index (χ0v) is 13.2. The van der Waals surface area contributed by atoms with E-state index in [0.717, 1.165) is 52.7 Å². The van der Waals surface area contributed by atoms with Crippen molar-refractivity contribution in [3.8, 4) is 16.9 Å². The minimum atomic E-state index is 0.780. The fraction of sp³-hybridized carbons (Fsp3) is 0.316. The van der Waals surface area contributed by atoms with Crippen LogP contribution in [0.5, 0.6) is 5.75 Å². The Kier molecular flexibility index (Phi) is 4.79. The summed E-state index contributed by atoms with van der Waals surface area (Å²) in [5.74, 6) is 0.915. The summed E-state index contributed by atoms with van der Waals surface area (Å²) in [6.45, 7) is 6.18. The van der Waals surface area contributed by atoms with Crippen molar-refractivity contribution < 1.29 is 9.53 Å². The summed E-state index contributed by atoms with van der Waals surface area (Å²) >= 11 is 0. The number of ether oxygens (including phenoxy) is 1. The van der Waals surface area contributed by atoms with Crippen LogP contribution in [0, 0.1) is 13.8 Å². The Balaban J connectivity index is 2.64. The van der Waals surface area contributed by atoms with Crippen molar-refractivity contribution in [3.63, 3.8) is 0 Å². The lowest BCUT2D eigenvalue weighted by Crippen LogP contribution is -1.97. The highest BCUT2D eigenvalue weighted by Crippen LogP contribution is 2.32. The number of aryl methyl sites for hydroxylation is 3. The predicted molar refractivity (Wildman–Crippen MR) is 87.3 cm³/mol. The molecule has 0 N–H and O–H groups in total. The van der Waals surface area contributed by atoms with Crippen LogP contribution in [-0.4, -0.2) is 13.4 Å². The van der Waals surface area contributed by atoms with Crippen LogP contribution in [0.2, 0.25) is 0 Å². The molecule has 0 aliphatic carbocycles. The lowest BCUT2D eigenvalue weighted by Gasteiger charge is -2.15. The Morgan fingerprint density at radius 3 is 2.43 bits per heavy atom. The lowest BCUT2D eigenvalue weighted by molar-refractivity contribution is 0.112. The summed E-state index contributed by atoms with van der Waals surface area (Å²) in [5, 5.41) is 0. The zero-order chi connectivity index (χ0) is 15.4. The van der Waals surface area contributed by atoms with Gasteiger partial charge in [0.2, 0.25) is 0 Å². The van der Waals surface area contributed by atoms with Gasteiger partial charge in [0.1, 0.15) is 5.75 Å². The molecule has 2 rings (SSSR count). The summed E-state index contributed by atoms with van der Waals surface area (Å²) in [5.41, 5.74) is 6.22. The third-order valence-electron chi connectivity index (χ3n) is 3.88. The summed E-state index contributed by atoms with van der Waals surface area (Å²) < 4.78 is 5.43. The van der Waals surface area contributed by atoms with Gasteiger partial charge in [-0.2, -0.15) is 0 Å². The van der Waals surface area contributed by atoms with E-state index in [1.165, 1.54) is 5.56 Å². The molecule has 2 nitrogen and oxygen atoms in total. The van der Waals surface area contributed by atoms with Gasteiger partial charge < -0.3 is 4.74 Å². The third kappa shape index (κ3) is 2.99. The molecule has 0 amide bonds. The van der Waals surface area contributed by atoms with Crippen molar-refractivity contribution in [2.24, 2.45) is 0 Å². The minimum Gasteiger partial charge on any atom is -0.496 e. The first-order valence-corrected chi connectivity index (χ1v) is 7.35. The first-order valence-electron chi connectivity index (χ1n) is 7.35. The second-order valence-electron chi connectivity index (χ2n) is 5.38. The van der Waals surface area contributed by atoms with Crippen LogP contribution in [0.4, 0.5) is 0 Å². The summed E-state index contributed by atoms with van der Waals surface area (Å²) in [6.07, 6.45) is 2.99. The molecule has 0 atom stereocenters. The third-order valence-corrected chi connectivity index (χ3v) is 3.88. The van der Waals surface area contributed by atoms with Crippen LogP contribution in [0.15, 0.2) is 30.3 Å². The molecular formula is C19H22O2. The molecule has 0 radical (unpaired) electrons. The van der Waals surface area contributed by atoms with Crippen molar-refractivity contribution in [1.82, 2.24) is 0 Å². The van der Waals surface area contributed by atoms with Gasteiger partial charge in [0.05, 0.1) is 7.11 Å². The normalized spacial score (nSPS) is 10.5. The standard InChI is InChI=1S/C19H22O2/c1-5-6-15-11-16(9-10-18(15)21-4)19-14(3)8-7-13(2)17(19)12-20/h7-12H,5-6H2,1-4H3. The molecule has 2 aromatic carbocycles. The van der Waals surface area contributed by atoms with Crippen molar-refractivity contribution in [2.75, 3.05) is 7.11 Å². The minimum absolute atomic E-state index is 0.780. The number of benzene rings is 2. The van der Waals surface area contributed by atoms with E-state index in [9.17, 15) is 4.79 Å². The molecule has 0 aliphatic rings. The molecule has 0 aromatic heterocycles. The maximum atomic E-state index is 11.5. The van der Waals surface area contributed by atoms with E-state index < -0.39 is 0 Å². The summed E-state index contributed by atoms with van der Waals surface area (Å²) in [4.78, 5) is 11.5. The first kappa shape index (κ1) is 15.3. The van der Waals surface area contributed by atoms with E-state index in [2.05, 4.69) is 19.1 Å². The molecule has 110 valence electrons. The van der Waals surface area contributed by atoms with E-state index in [0.29, 0.717) is 0 Å². The summed E-state index contributed by atoms with van der Waals surface area (Å²) in [6, 6.07) is 10.3. The molecule has 2 heteroatoms. The van der Waals surface area contributed by atoms with Crippen LogP contribution < -0.4 is 4.74 Å². The molecule has 0 aliphatic heterocycles. The highest BCUT2D eigenvalue weighted by atomic mass is 16.5. The molecule has 0 saturated heterocycles. The Bertz CT molecular complexity index is 657. The topological polar surface area (TPSA) is 26.3 Å². The van der Waals surface area contributed by atoms with Gasteiger partial charge in [0.25, 0.3) is 0 Å². The molecule has 0 fully saturated rings. The van der Waals surface area contributed by atoms with Gasteiger partial charge in [0, 0.05) is 5.56 Å². The highest BCUT2D eigenvalue weighted by molar-refractivity contribution is 5.91. The SMILES string of the molecule is CCCc1cc(-c2c(C)ccc(C)c2C=O)ccc1OC. The van der Waals surface area contributed by atoms with Crippen LogP contribution >= 0.6 is 0 Å². The number of carbonyl (C=O) groups excluding carboxylic acids is 1. The number of carbonyl (C=O) groups is 1.